The number of ether oxygens (including phenoxy) is 1. The zero-order valence-corrected chi connectivity index (χ0v) is 13.0. The summed E-state index contributed by atoms with van der Waals surface area (Å²) in [6.45, 7) is 5.41. The van der Waals surface area contributed by atoms with Crippen molar-refractivity contribution in [1.82, 2.24) is 20.0 Å². The minimum absolute atomic E-state index is 0.0952. The Morgan fingerprint density at radius 1 is 1.36 bits per heavy atom. The molecular formula is C15H22N4O3. The molecule has 120 valence electrons. The van der Waals surface area contributed by atoms with Crippen LogP contribution in [0.4, 0.5) is 0 Å². The number of fused-ring (bicyclic) bond motifs is 1. The molecule has 0 spiro atoms. The number of carbonyl (C=O) groups excluding carboxylic acids is 2. The maximum atomic E-state index is 12.5. The van der Waals surface area contributed by atoms with E-state index < -0.39 is 0 Å². The summed E-state index contributed by atoms with van der Waals surface area (Å²) in [5, 5.41) is 6.54. The molecule has 3 heterocycles. The van der Waals surface area contributed by atoms with E-state index in [0.29, 0.717) is 37.0 Å². The van der Waals surface area contributed by atoms with E-state index in [9.17, 15) is 9.59 Å². The van der Waals surface area contributed by atoms with Crippen molar-refractivity contribution in [3.05, 3.63) is 17.5 Å². The Hall–Kier alpha value is -1.73. The second-order valence-corrected chi connectivity index (χ2v) is 6.19. The molecule has 2 atom stereocenters. The number of ketones is 1. The average Bonchev–Trinajstić information content (AvgIpc) is 2.90. The number of likely N-dealkylation sites (N-methyl/N-ethyl adjacent to an activating group) is 1. The molecule has 0 unspecified atom stereocenters. The Balaban J connectivity index is 1.68. The first kappa shape index (κ1) is 15.2. The fourth-order valence-corrected chi connectivity index (χ4v) is 3.18. The van der Waals surface area contributed by atoms with Crippen molar-refractivity contribution in [3.8, 4) is 0 Å². The molecule has 2 fully saturated rings. The van der Waals surface area contributed by atoms with Gasteiger partial charge in [0, 0.05) is 39.0 Å². The average molecular weight is 306 g/mol. The van der Waals surface area contributed by atoms with E-state index in [1.165, 1.54) is 13.0 Å². The predicted molar refractivity (Wildman–Crippen MR) is 79.8 cm³/mol. The number of Topliss-reactive ketones (excluding diaryl/α,β-unsaturated/α-hetero) is 1. The van der Waals surface area contributed by atoms with Crippen molar-refractivity contribution in [1.29, 1.82) is 0 Å². The molecule has 22 heavy (non-hydrogen) atoms. The molecule has 0 radical (unpaired) electrons. The van der Waals surface area contributed by atoms with Crippen molar-refractivity contribution >= 4 is 11.7 Å². The minimum atomic E-state index is -0.149. The summed E-state index contributed by atoms with van der Waals surface area (Å²) in [6, 6.07) is 1.53. The first-order valence-electron chi connectivity index (χ1n) is 7.70. The van der Waals surface area contributed by atoms with Crippen LogP contribution in [0, 0.1) is 5.92 Å². The van der Waals surface area contributed by atoms with Crippen LogP contribution >= 0.6 is 0 Å². The quantitative estimate of drug-likeness (QED) is 0.801. The van der Waals surface area contributed by atoms with Gasteiger partial charge < -0.3 is 14.5 Å². The van der Waals surface area contributed by atoms with E-state index in [-0.39, 0.29) is 17.8 Å². The predicted octanol–water partition coefficient (Wildman–Crippen LogP) is 0.405. The van der Waals surface area contributed by atoms with Crippen LogP contribution in [0.5, 0.6) is 0 Å². The molecule has 2 aliphatic rings. The lowest BCUT2D eigenvalue weighted by molar-refractivity contribution is -0.0172. The molecule has 7 nitrogen and oxygen atoms in total. The Bertz CT molecular complexity index is 571. The number of amides is 1. The minimum Gasteiger partial charge on any atom is -0.375 e. The molecule has 2 aliphatic heterocycles. The molecule has 3 rings (SSSR count). The third-order valence-corrected chi connectivity index (χ3v) is 4.50. The highest BCUT2D eigenvalue weighted by molar-refractivity contribution is 5.97. The van der Waals surface area contributed by atoms with Crippen molar-refractivity contribution < 1.29 is 14.3 Å². The van der Waals surface area contributed by atoms with E-state index in [2.05, 4.69) is 22.1 Å². The molecule has 1 aromatic rings. The lowest BCUT2D eigenvalue weighted by Gasteiger charge is -2.37. The van der Waals surface area contributed by atoms with Crippen LogP contribution in [-0.4, -0.2) is 77.6 Å². The van der Waals surface area contributed by atoms with Gasteiger partial charge in [0.2, 0.25) is 0 Å². The lowest BCUT2D eigenvalue weighted by Crippen LogP contribution is -2.49. The number of H-pyrrole nitrogens is 1. The molecule has 0 aliphatic carbocycles. The van der Waals surface area contributed by atoms with Gasteiger partial charge in [0.1, 0.15) is 11.4 Å². The highest BCUT2D eigenvalue weighted by Gasteiger charge is 2.35. The summed E-state index contributed by atoms with van der Waals surface area (Å²) in [5.41, 5.74) is 0.667. The van der Waals surface area contributed by atoms with Crippen LogP contribution in [0.25, 0.3) is 0 Å². The number of rotatable bonds is 2. The van der Waals surface area contributed by atoms with Crippen LogP contribution in [0.15, 0.2) is 6.07 Å². The normalized spacial score (nSPS) is 26.4. The topological polar surface area (TPSA) is 78.5 Å². The third-order valence-electron chi connectivity index (χ3n) is 4.50. The van der Waals surface area contributed by atoms with E-state index in [4.69, 9.17) is 4.74 Å². The van der Waals surface area contributed by atoms with Crippen LogP contribution in [0.1, 0.15) is 34.3 Å². The highest BCUT2D eigenvalue weighted by atomic mass is 16.5. The zero-order valence-electron chi connectivity index (χ0n) is 13.0. The van der Waals surface area contributed by atoms with Gasteiger partial charge in [-0.3, -0.25) is 14.7 Å². The zero-order chi connectivity index (χ0) is 15.7. The summed E-state index contributed by atoms with van der Waals surface area (Å²) < 4.78 is 5.92. The van der Waals surface area contributed by atoms with Gasteiger partial charge in [0.25, 0.3) is 5.91 Å². The second kappa shape index (κ2) is 6.18. The summed E-state index contributed by atoms with van der Waals surface area (Å²) in [7, 11) is 2.11. The molecule has 1 amide bonds. The summed E-state index contributed by atoms with van der Waals surface area (Å²) in [4.78, 5) is 27.9. The molecule has 1 N–H and O–H groups in total. The van der Waals surface area contributed by atoms with Gasteiger partial charge in [-0.05, 0) is 19.5 Å². The molecule has 2 saturated heterocycles. The summed E-state index contributed by atoms with van der Waals surface area (Å²) >= 11 is 0. The van der Waals surface area contributed by atoms with E-state index in [1.54, 1.807) is 4.90 Å². The molecule has 0 saturated carbocycles. The number of aromatic nitrogens is 2. The first-order valence-corrected chi connectivity index (χ1v) is 7.70. The number of nitrogens with one attached hydrogen (secondary N) is 1. The number of hydrogen-bond donors (Lipinski definition) is 1. The van der Waals surface area contributed by atoms with Crippen molar-refractivity contribution in [3.63, 3.8) is 0 Å². The fraction of sp³-hybridized carbons (Fsp3) is 0.667. The Morgan fingerprint density at radius 2 is 2.18 bits per heavy atom. The van der Waals surface area contributed by atoms with Crippen LogP contribution in [-0.2, 0) is 4.74 Å². The monoisotopic (exact) mass is 306 g/mol. The highest BCUT2D eigenvalue weighted by Crippen LogP contribution is 2.24. The van der Waals surface area contributed by atoms with Gasteiger partial charge in [0.05, 0.1) is 12.7 Å². The standard InChI is InChI=1S/C15H22N4O3/c1-10(20)12-7-13(17-16-12)15(21)19-4-3-11-8-18(2)5-6-22-14(11)9-19/h7,11,14H,3-6,8-9H2,1-2H3,(H,16,17)/t11-,14-/m1/s1. The Kier molecular flexibility index (Phi) is 4.26. The van der Waals surface area contributed by atoms with Gasteiger partial charge in [0.15, 0.2) is 5.78 Å². The SMILES string of the molecule is CC(=O)c1cc(C(=O)N2CC[C@@H]3CN(C)CCO[C@@H]3C2)[nH]n1. The second-order valence-electron chi connectivity index (χ2n) is 6.19. The van der Waals surface area contributed by atoms with E-state index in [0.717, 1.165) is 19.5 Å². The number of hydrogen-bond acceptors (Lipinski definition) is 5. The van der Waals surface area contributed by atoms with Gasteiger partial charge in [-0.2, -0.15) is 5.10 Å². The number of nitrogens with zero attached hydrogens (tertiary/aromatic N) is 3. The number of aromatic amines is 1. The molecule has 7 heteroatoms. The Labute approximate surface area is 129 Å². The van der Waals surface area contributed by atoms with Gasteiger partial charge in [-0.1, -0.05) is 0 Å². The number of likely N-dealkylation sites (tertiary alicyclic amines) is 1. The van der Waals surface area contributed by atoms with Crippen molar-refractivity contribution in [2.75, 3.05) is 39.8 Å². The van der Waals surface area contributed by atoms with Crippen LogP contribution in [0.2, 0.25) is 0 Å². The van der Waals surface area contributed by atoms with Crippen LogP contribution < -0.4 is 0 Å². The van der Waals surface area contributed by atoms with Gasteiger partial charge in [-0.15, -0.1) is 0 Å². The van der Waals surface area contributed by atoms with Crippen LogP contribution in [0.3, 0.4) is 0 Å². The molecule has 0 bridgehead atoms. The van der Waals surface area contributed by atoms with Gasteiger partial charge >= 0.3 is 0 Å². The lowest BCUT2D eigenvalue weighted by atomic mass is 9.93. The largest absolute Gasteiger partial charge is 0.375 e. The fourth-order valence-electron chi connectivity index (χ4n) is 3.18. The van der Waals surface area contributed by atoms with Gasteiger partial charge in [-0.25, -0.2) is 0 Å². The van der Waals surface area contributed by atoms with E-state index in [1.807, 2.05) is 0 Å². The Morgan fingerprint density at radius 3 is 2.91 bits per heavy atom. The van der Waals surface area contributed by atoms with E-state index >= 15 is 0 Å². The van der Waals surface area contributed by atoms with Crippen molar-refractivity contribution in [2.24, 2.45) is 5.92 Å². The van der Waals surface area contributed by atoms with Crippen molar-refractivity contribution in [2.45, 2.75) is 19.4 Å². The molecular weight excluding hydrogens is 284 g/mol. The smallest absolute Gasteiger partial charge is 0.271 e. The molecule has 1 aromatic heterocycles. The third kappa shape index (κ3) is 3.05. The maximum Gasteiger partial charge on any atom is 0.271 e. The number of piperidine rings is 1. The molecule has 0 aromatic carbocycles. The first-order chi connectivity index (χ1) is 10.5. The summed E-state index contributed by atoms with van der Waals surface area (Å²) in [5.74, 6) is 0.217. The summed E-state index contributed by atoms with van der Waals surface area (Å²) in [6.07, 6.45) is 1.03. The maximum absolute atomic E-state index is 12.5. The number of carbonyl (C=O) groups is 2.